The van der Waals surface area contributed by atoms with E-state index < -0.39 is 0 Å². The lowest BCUT2D eigenvalue weighted by Gasteiger charge is -2.12. The normalized spacial score (nSPS) is 9.62. The fourth-order valence-electron chi connectivity index (χ4n) is 2.71. The maximum absolute atomic E-state index is 12.6. The van der Waals surface area contributed by atoms with Crippen molar-refractivity contribution in [3.05, 3.63) is 71.0 Å². The van der Waals surface area contributed by atoms with Gasteiger partial charge in [-0.15, -0.1) is 0 Å². The zero-order valence-corrected chi connectivity index (χ0v) is 16.9. The van der Waals surface area contributed by atoms with Gasteiger partial charge in [0.2, 0.25) is 0 Å². The molecule has 1 aromatic heterocycles. The summed E-state index contributed by atoms with van der Waals surface area (Å²) in [6.45, 7) is 5.75. The summed E-state index contributed by atoms with van der Waals surface area (Å²) in [4.78, 5) is 12.6. The van der Waals surface area contributed by atoms with Crippen molar-refractivity contribution in [2.75, 3.05) is 10.6 Å². The van der Waals surface area contributed by atoms with E-state index in [-0.39, 0.29) is 5.91 Å². The van der Waals surface area contributed by atoms with E-state index >= 15 is 0 Å². The lowest BCUT2D eigenvalue weighted by atomic mass is 10.0. The van der Waals surface area contributed by atoms with Gasteiger partial charge in [0.25, 0.3) is 5.91 Å². The molecule has 0 unspecified atom stereocenters. The van der Waals surface area contributed by atoms with Crippen LogP contribution in [0.25, 0.3) is 0 Å². The smallest absolute Gasteiger partial charge is 0.255 e. The Balaban J connectivity index is 0.00000145. The molecule has 0 atom stereocenters. The second-order valence-electron chi connectivity index (χ2n) is 6.02. The average Bonchev–Trinajstić information content (AvgIpc) is 3.14. The van der Waals surface area contributed by atoms with Crippen molar-refractivity contribution in [1.29, 1.82) is 10.7 Å². The minimum absolute atomic E-state index is 0.292. The zero-order valence-electron chi connectivity index (χ0n) is 16.9. The number of benzene rings is 2. The highest BCUT2D eigenvalue weighted by Crippen LogP contribution is 2.24. The number of carbonyl (C=O) groups is 1. The molecule has 0 fully saturated rings. The number of anilines is 3. The van der Waals surface area contributed by atoms with Gasteiger partial charge in [-0.1, -0.05) is 19.9 Å². The molecular formula is C22H24N6O. The summed E-state index contributed by atoms with van der Waals surface area (Å²) in [7, 11) is 1.82. The Labute approximate surface area is 170 Å². The number of hydrogen-bond donors (Lipinski definition) is 3. The number of aryl methyl sites for hydroxylation is 1. The highest BCUT2D eigenvalue weighted by molar-refractivity contribution is 6.06. The topological polar surface area (TPSA) is 107 Å². The van der Waals surface area contributed by atoms with Crippen molar-refractivity contribution in [2.45, 2.75) is 20.8 Å². The van der Waals surface area contributed by atoms with Gasteiger partial charge < -0.3 is 16.0 Å². The van der Waals surface area contributed by atoms with Gasteiger partial charge in [-0.05, 0) is 42.8 Å². The first-order valence-electron chi connectivity index (χ1n) is 9.23. The van der Waals surface area contributed by atoms with Crippen molar-refractivity contribution in [1.82, 2.24) is 9.78 Å². The molecule has 3 aromatic rings. The van der Waals surface area contributed by atoms with E-state index in [4.69, 9.17) is 10.7 Å². The number of nitriles is 1. The van der Waals surface area contributed by atoms with Crippen molar-refractivity contribution < 1.29 is 4.79 Å². The van der Waals surface area contributed by atoms with Gasteiger partial charge in [0.1, 0.15) is 0 Å². The third-order valence-corrected chi connectivity index (χ3v) is 4.15. The highest BCUT2D eigenvalue weighted by atomic mass is 16.1. The van der Waals surface area contributed by atoms with Gasteiger partial charge in [-0.25, -0.2) is 0 Å². The van der Waals surface area contributed by atoms with Crippen LogP contribution in [0.15, 0.2) is 48.8 Å². The van der Waals surface area contributed by atoms with Crippen LogP contribution in [0.5, 0.6) is 0 Å². The first-order chi connectivity index (χ1) is 14.0. The lowest BCUT2D eigenvalue weighted by molar-refractivity contribution is 0.102. The summed E-state index contributed by atoms with van der Waals surface area (Å²) in [5.41, 5.74) is 4.29. The number of carbonyl (C=O) groups excluding carboxylic acids is 1. The predicted octanol–water partition coefficient (Wildman–Crippen LogP) is 4.62. The molecule has 148 valence electrons. The van der Waals surface area contributed by atoms with Crippen LogP contribution in [0.3, 0.4) is 0 Å². The van der Waals surface area contributed by atoms with Crippen molar-refractivity contribution in [2.24, 2.45) is 7.05 Å². The molecule has 0 radical (unpaired) electrons. The third-order valence-electron chi connectivity index (χ3n) is 4.15. The molecule has 0 aliphatic carbocycles. The first-order valence-corrected chi connectivity index (χ1v) is 9.23. The molecule has 1 amide bonds. The Hall–Kier alpha value is -3.92. The summed E-state index contributed by atoms with van der Waals surface area (Å²) < 4.78 is 1.67. The predicted molar refractivity (Wildman–Crippen MR) is 116 cm³/mol. The van der Waals surface area contributed by atoms with Crippen LogP contribution in [0.4, 0.5) is 17.1 Å². The second-order valence-corrected chi connectivity index (χ2v) is 6.02. The van der Waals surface area contributed by atoms with Gasteiger partial charge in [0.15, 0.2) is 0 Å². The molecular weight excluding hydrogens is 364 g/mol. The minimum Gasteiger partial charge on any atom is -0.352 e. The number of rotatable bonds is 5. The van der Waals surface area contributed by atoms with E-state index in [1.807, 2.05) is 27.1 Å². The first kappa shape index (κ1) is 21.4. The van der Waals surface area contributed by atoms with Crippen LogP contribution >= 0.6 is 0 Å². The van der Waals surface area contributed by atoms with E-state index in [0.717, 1.165) is 5.69 Å². The Kier molecular flexibility index (Phi) is 7.26. The standard InChI is InChI=1S/C20H18N6O.C2H6/c1-13-14(9-21)4-3-5-18(13)20(27)25-16-7-6-15(10-22)19(8-16)24-17-11-23-26(2)12-17;1-2/h3-8,10-12,22,24H,1-2H3,(H,25,27);1-2H3. The Morgan fingerprint density at radius 3 is 2.62 bits per heavy atom. The molecule has 0 spiro atoms. The maximum Gasteiger partial charge on any atom is 0.255 e. The van der Waals surface area contributed by atoms with Gasteiger partial charge >= 0.3 is 0 Å². The molecule has 0 aliphatic rings. The minimum atomic E-state index is -0.292. The average molecular weight is 388 g/mol. The van der Waals surface area contributed by atoms with E-state index in [0.29, 0.717) is 33.6 Å². The molecule has 3 rings (SSSR count). The Morgan fingerprint density at radius 2 is 2.00 bits per heavy atom. The van der Waals surface area contributed by atoms with Crippen LogP contribution in [0.2, 0.25) is 0 Å². The number of aromatic nitrogens is 2. The summed E-state index contributed by atoms with van der Waals surface area (Å²) in [5.74, 6) is -0.292. The van der Waals surface area contributed by atoms with Gasteiger partial charge in [-0.3, -0.25) is 9.48 Å². The second kappa shape index (κ2) is 9.85. The van der Waals surface area contributed by atoms with Crippen LogP contribution < -0.4 is 10.6 Å². The number of nitrogens with zero attached hydrogens (tertiary/aromatic N) is 3. The molecule has 0 saturated heterocycles. The van der Waals surface area contributed by atoms with Crippen molar-refractivity contribution >= 4 is 29.2 Å². The quantitative estimate of drug-likeness (QED) is 0.554. The van der Waals surface area contributed by atoms with Crippen LogP contribution in [-0.2, 0) is 7.05 Å². The summed E-state index contributed by atoms with van der Waals surface area (Å²) in [5, 5.41) is 26.9. The largest absolute Gasteiger partial charge is 0.352 e. The number of nitrogens with one attached hydrogen (secondary N) is 3. The van der Waals surface area contributed by atoms with Gasteiger partial charge in [0.05, 0.1) is 23.5 Å². The molecule has 0 saturated carbocycles. The van der Waals surface area contributed by atoms with E-state index in [1.54, 1.807) is 54.2 Å². The molecule has 2 aromatic carbocycles. The highest BCUT2D eigenvalue weighted by Gasteiger charge is 2.13. The lowest BCUT2D eigenvalue weighted by Crippen LogP contribution is -2.14. The van der Waals surface area contributed by atoms with Crippen LogP contribution in [0, 0.1) is 23.7 Å². The molecule has 3 N–H and O–H groups in total. The van der Waals surface area contributed by atoms with Crippen molar-refractivity contribution in [3.8, 4) is 6.07 Å². The summed E-state index contributed by atoms with van der Waals surface area (Å²) in [6, 6.07) is 12.4. The zero-order chi connectivity index (χ0) is 21.4. The molecule has 7 heteroatoms. The molecule has 7 nitrogen and oxygen atoms in total. The fourth-order valence-corrected chi connectivity index (χ4v) is 2.71. The maximum atomic E-state index is 12.6. The summed E-state index contributed by atoms with van der Waals surface area (Å²) in [6.07, 6.45) is 4.73. The van der Waals surface area contributed by atoms with Crippen molar-refractivity contribution in [3.63, 3.8) is 0 Å². The van der Waals surface area contributed by atoms with Crippen LogP contribution in [-0.4, -0.2) is 21.9 Å². The van der Waals surface area contributed by atoms with E-state index in [2.05, 4.69) is 21.8 Å². The monoisotopic (exact) mass is 388 g/mol. The fraction of sp³-hybridized carbons (Fsp3) is 0.182. The van der Waals surface area contributed by atoms with Gasteiger partial charge in [-0.2, -0.15) is 10.4 Å². The van der Waals surface area contributed by atoms with E-state index in [1.165, 1.54) is 6.21 Å². The number of hydrogen-bond acceptors (Lipinski definition) is 5. The molecule has 0 bridgehead atoms. The number of amides is 1. The molecule has 29 heavy (non-hydrogen) atoms. The summed E-state index contributed by atoms with van der Waals surface area (Å²) >= 11 is 0. The SMILES string of the molecule is CC.Cc1c(C#N)cccc1C(=O)Nc1ccc(C=N)c(Nc2cnn(C)c2)c1. The Morgan fingerprint density at radius 1 is 1.24 bits per heavy atom. The Bertz CT molecular complexity index is 1060. The molecule has 1 heterocycles. The molecule has 0 aliphatic heterocycles. The third kappa shape index (κ3) is 5.08. The van der Waals surface area contributed by atoms with Gasteiger partial charge in [0, 0.05) is 42.0 Å². The van der Waals surface area contributed by atoms with E-state index in [9.17, 15) is 4.79 Å². The van der Waals surface area contributed by atoms with Crippen LogP contribution in [0.1, 0.15) is 40.9 Å².